The van der Waals surface area contributed by atoms with Gasteiger partial charge in [-0.15, -0.1) is 5.10 Å². The lowest BCUT2D eigenvalue weighted by atomic mass is 10.2. The van der Waals surface area contributed by atoms with E-state index in [4.69, 9.17) is 5.26 Å². The molecule has 0 amide bonds. The number of nitrogens with zero attached hydrogens (tertiary/aromatic N) is 4. The molecule has 4 nitrogen and oxygen atoms in total. The molecule has 0 saturated carbocycles. The summed E-state index contributed by atoms with van der Waals surface area (Å²) in [5.41, 5.74) is 2.01. The van der Waals surface area contributed by atoms with Crippen molar-refractivity contribution in [2.24, 2.45) is 0 Å². The third-order valence-corrected chi connectivity index (χ3v) is 3.06. The van der Waals surface area contributed by atoms with E-state index in [0.717, 1.165) is 10.0 Å². The number of benzene rings is 1. The van der Waals surface area contributed by atoms with E-state index in [0.29, 0.717) is 17.0 Å². The smallest absolute Gasteiger partial charge is 0.182 e. The first kappa shape index (κ1) is 10.9. The van der Waals surface area contributed by atoms with E-state index >= 15 is 0 Å². The molecule has 0 radical (unpaired) electrons. The largest absolute Gasteiger partial charge is 0.219 e. The fraction of sp³-hybridized carbons (Fsp3) is 0. The number of hydrogen-bond acceptors (Lipinski definition) is 3. The molecule has 0 atom stereocenters. The molecule has 3 aromatic rings. The Bertz CT molecular complexity index is 770. The van der Waals surface area contributed by atoms with Gasteiger partial charge in [0.25, 0.3) is 0 Å². The highest BCUT2D eigenvalue weighted by atomic mass is 79.9. The van der Waals surface area contributed by atoms with Crippen LogP contribution in [-0.4, -0.2) is 14.6 Å². The third kappa shape index (κ3) is 1.77. The molecule has 0 fully saturated rings. The van der Waals surface area contributed by atoms with Crippen molar-refractivity contribution in [1.82, 2.24) is 14.6 Å². The van der Waals surface area contributed by atoms with Gasteiger partial charge in [0.05, 0.1) is 5.56 Å². The average molecular weight is 299 g/mol. The average Bonchev–Trinajstić information content (AvgIpc) is 2.82. The van der Waals surface area contributed by atoms with Crippen LogP contribution in [0.25, 0.3) is 17.0 Å². The maximum absolute atomic E-state index is 9.02. The highest BCUT2D eigenvalue weighted by molar-refractivity contribution is 9.10. The maximum atomic E-state index is 9.02. The van der Waals surface area contributed by atoms with Crippen molar-refractivity contribution < 1.29 is 0 Å². The first-order valence-electron chi connectivity index (χ1n) is 5.29. The Morgan fingerprint density at radius 2 is 2.11 bits per heavy atom. The summed E-state index contributed by atoms with van der Waals surface area (Å²) in [7, 11) is 0. The van der Waals surface area contributed by atoms with Crippen LogP contribution in [0.3, 0.4) is 0 Å². The topological polar surface area (TPSA) is 54.0 Å². The second kappa shape index (κ2) is 4.24. The van der Waals surface area contributed by atoms with Gasteiger partial charge in [0, 0.05) is 16.2 Å². The molecule has 0 aliphatic rings. The van der Waals surface area contributed by atoms with Gasteiger partial charge < -0.3 is 0 Å². The SMILES string of the molecule is N#Cc1cccn2nc(-c3cccc(Br)c3)nc12. The van der Waals surface area contributed by atoms with Crippen molar-refractivity contribution in [2.75, 3.05) is 0 Å². The second-order valence-electron chi connectivity index (χ2n) is 3.75. The van der Waals surface area contributed by atoms with Gasteiger partial charge in [0.1, 0.15) is 6.07 Å². The van der Waals surface area contributed by atoms with E-state index in [1.165, 1.54) is 0 Å². The van der Waals surface area contributed by atoms with E-state index < -0.39 is 0 Å². The van der Waals surface area contributed by atoms with Crippen LogP contribution in [0.5, 0.6) is 0 Å². The van der Waals surface area contributed by atoms with Crippen LogP contribution >= 0.6 is 15.9 Å². The zero-order valence-corrected chi connectivity index (χ0v) is 10.8. The lowest BCUT2D eigenvalue weighted by Crippen LogP contribution is -1.88. The van der Waals surface area contributed by atoms with Crippen molar-refractivity contribution in [2.45, 2.75) is 0 Å². The number of pyridine rings is 1. The quantitative estimate of drug-likeness (QED) is 0.694. The highest BCUT2D eigenvalue weighted by Gasteiger charge is 2.09. The van der Waals surface area contributed by atoms with Crippen molar-refractivity contribution >= 4 is 21.6 Å². The summed E-state index contributed by atoms with van der Waals surface area (Å²) in [6, 6.07) is 13.4. The third-order valence-electron chi connectivity index (χ3n) is 2.57. The molecule has 0 spiro atoms. The Kier molecular flexibility index (Phi) is 2.58. The Morgan fingerprint density at radius 3 is 2.89 bits per heavy atom. The van der Waals surface area contributed by atoms with Crippen LogP contribution in [0.1, 0.15) is 5.56 Å². The lowest BCUT2D eigenvalue weighted by Gasteiger charge is -1.94. The van der Waals surface area contributed by atoms with E-state index in [2.05, 4.69) is 32.1 Å². The molecule has 1 aromatic carbocycles. The Balaban J connectivity index is 2.23. The molecular weight excluding hydrogens is 292 g/mol. The van der Waals surface area contributed by atoms with Crippen molar-refractivity contribution in [3.8, 4) is 17.5 Å². The summed E-state index contributed by atoms with van der Waals surface area (Å²) in [6.45, 7) is 0. The zero-order chi connectivity index (χ0) is 12.5. The Hall–Kier alpha value is -2.19. The van der Waals surface area contributed by atoms with E-state index in [-0.39, 0.29) is 0 Å². The van der Waals surface area contributed by atoms with Gasteiger partial charge >= 0.3 is 0 Å². The summed E-state index contributed by atoms with van der Waals surface area (Å²) in [5.74, 6) is 0.610. The molecule has 5 heteroatoms. The number of hydrogen-bond donors (Lipinski definition) is 0. The first-order chi connectivity index (χ1) is 8.78. The Morgan fingerprint density at radius 1 is 1.22 bits per heavy atom. The van der Waals surface area contributed by atoms with Crippen LogP contribution < -0.4 is 0 Å². The predicted molar refractivity (Wildman–Crippen MR) is 70.8 cm³/mol. The summed E-state index contributed by atoms with van der Waals surface area (Å²) in [4.78, 5) is 4.40. The minimum Gasteiger partial charge on any atom is -0.219 e. The second-order valence-corrected chi connectivity index (χ2v) is 4.66. The molecule has 2 aromatic heterocycles. The highest BCUT2D eigenvalue weighted by Crippen LogP contribution is 2.21. The molecule has 0 aliphatic carbocycles. The molecule has 0 saturated heterocycles. The molecule has 18 heavy (non-hydrogen) atoms. The van der Waals surface area contributed by atoms with E-state index in [1.54, 1.807) is 22.8 Å². The standard InChI is InChI=1S/C13H7BrN4/c14-11-5-1-3-9(7-11)12-16-13-10(8-15)4-2-6-18(13)17-12/h1-7H. The maximum Gasteiger partial charge on any atom is 0.182 e. The molecule has 86 valence electrons. The van der Waals surface area contributed by atoms with Crippen LogP contribution in [0.15, 0.2) is 47.1 Å². The first-order valence-corrected chi connectivity index (χ1v) is 6.08. The zero-order valence-electron chi connectivity index (χ0n) is 9.21. The van der Waals surface area contributed by atoms with Crippen LogP contribution in [0.4, 0.5) is 0 Å². The van der Waals surface area contributed by atoms with Gasteiger partial charge in [-0.25, -0.2) is 9.50 Å². The summed E-state index contributed by atoms with van der Waals surface area (Å²) < 4.78 is 2.59. The fourth-order valence-corrected chi connectivity index (χ4v) is 2.14. The molecule has 0 N–H and O–H groups in total. The molecule has 3 rings (SSSR count). The summed E-state index contributed by atoms with van der Waals surface area (Å²) in [5, 5.41) is 13.4. The molecular formula is C13H7BrN4. The van der Waals surface area contributed by atoms with Gasteiger partial charge in [-0.1, -0.05) is 28.1 Å². The molecule has 0 unspecified atom stereocenters. The van der Waals surface area contributed by atoms with Crippen molar-refractivity contribution in [3.05, 3.63) is 52.6 Å². The van der Waals surface area contributed by atoms with Crippen molar-refractivity contribution in [3.63, 3.8) is 0 Å². The van der Waals surface area contributed by atoms with Crippen LogP contribution in [0.2, 0.25) is 0 Å². The molecule has 2 heterocycles. The number of nitriles is 1. The Labute approximate surface area is 112 Å². The number of fused-ring (bicyclic) bond motifs is 1. The van der Waals surface area contributed by atoms with Crippen molar-refractivity contribution in [1.29, 1.82) is 5.26 Å². The lowest BCUT2D eigenvalue weighted by molar-refractivity contribution is 0.963. The summed E-state index contributed by atoms with van der Waals surface area (Å²) in [6.07, 6.45) is 1.78. The minimum absolute atomic E-state index is 0.520. The molecule has 0 bridgehead atoms. The predicted octanol–water partition coefficient (Wildman–Crippen LogP) is 3.03. The number of aromatic nitrogens is 3. The fourth-order valence-electron chi connectivity index (χ4n) is 1.74. The van der Waals surface area contributed by atoms with E-state index in [1.807, 2.05) is 24.3 Å². The van der Waals surface area contributed by atoms with E-state index in [9.17, 15) is 0 Å². The van der Waals surface area contributed by atoms with Crippen LogP contribution in [0, 0.1) is 11.3 Å². The monoisotopic (exact) mass is 298 g/mol. The number of halogens is 1. The van der Waals surface area contributed by atoms with Gasteiger partial charge in [-0.2, -0.15) is 5.26 Å². The van der Waals surface area contributed by atoms with Gasteiger partial charge in [0.2, 0.25) is 0 Å². The van der Waals surface area contributed by atoms with Crippen LogP contribution in [-0.2, 0) is 0 Å². The molecule has 0 aliphatic heterocycles. The van der Waals surface area contributed by atoms with Gasteiger partial charge in [-0.05, 0) is 24.3 Å². The summed E-state index contributed by atoms with van der Waals surface area (Å²) >= 11 is 3.42. The van der Waals surface area contributed by atoms with Gasteiger partial charge in [-0.3, -0.25) is 0 Å². The number of rotatable bonds is 1. The minimum atomic E-state index is 0.520. The van der Waals surface area contributed by atoms with Gasteiger partial charge in [0.15, 0.2) is 11.5 Å². The normalized spacial score (nSPS) is 10.4.